The number of rotatable bonds is 6. The van der Waals surface area contributed by atoms with Crippen molar-refractivity contribution in [2.75, 3.05) is 6.54 Å². The van der Waals surface area contributed by atoms with Gasteiger partial charge < -0.3 is 9.73 Å². The number of hydrogen-bond donors (Lipinski definition) is 1. The quantitative estimate of drug-likeness (QED) is 0.818. The Labute approximate surface area is 111 Å². The van der Waals surface area contributed by atoms with Crippen molar-refractivity contribution in [2.24, 2.45) is 17.3 Å². The summed E-state index contributed by atoms with van der Waals surface area (Å²) in [6.45, 7) is 13.3. The van der Waals surface area contributed by atoms with Gasteiger partial charge in [0.05, 0.1) is 6.54 Å². The van der Waals surface area contributed by atoms with Crippen LogP contribution in [-0.4, -0.2) is 6.54 Å². The molecule has 2 nitrogen and oxygen atoms in total. The Hall–Kier alpha value is -0.760. The van der Waals surface area contributed by atoms with Crippen LogP contribution in [0, 0.1) is 17.3 Å². The van der Waals surface area contributed by atoms with Gasteiger partial charge in [-0.15, -0.1) is 0 Å². The SMILES string of the molecule is CC1CC1c1ccc(CNCC(C)(C)C(C)C)o1. The second-order valence-electron chi connectivity index (χ2n) is 6.87. The van der Waals surface area contributed by atoms with Gasteiger partial charge in [0.15, 0.2) is 0 Å². The Morgan fingerprint density at radius 2 is 2.06 bits per heavy atom. The van der Waals surface area contributed by atoms with Crippen LogP contribution in [0.15, 0.2) is 16.5 Å². The molecule has 0 aromatic carbocycles. The minimum absolute atomic E-state index is 0.334. The van der Waals surface area contributed by atoms with Gasteiger partial charge in [-0.05, 0) is 35.8 Å². The number of nitrogens with one attached hydrogen (secondary N) is 1. The average molecular weight is 249 g/mol. The molecule has 102 valence electrons. The molecular weight excluding hydrogens is 222 g/mol. The molecular formula is C16H27NO. The largest absolute Gasteiger partial charge is 0.464 e. The van der Waals surface area contributed by atoms with Crippen molar-refractivity contribution in [2.45, 2.75) is 53.5 Å². The molecule has 0 radical (unpaired) electrons. The molecule has 1 heterocycles. The van der Waals surface area contributed by atoms with E-state index in [0.717, 1.165) is 24.8 Å². The number of hydrogen-bond acceptors (Lipinski definition) is 2. The standard InChI is InChI=1S/C16H27NO/c1-11(2)16(4,5)10-17-9-13-6-7-15(18-13)14-8-12(14)3/h6-7,11-12,14,17H,8-10H2,1-5H3. The summed E-state index contributed by atoms with van der Waals surface area (Å²) >= 11 is 0. The van der Waals surface area contributed by atoms with Crippen LogP contribution in [0.4, 0.5) is 0 Å². The van der Waals surface area contributed by atoms with E-state index in [1.807, 2.05) is 0 Å². The van der Waals surface area contributed by atoms with Crippen LogP contribution in [0.5, 0.6) is 0 Å². The third-order valence-corrected chi connectivity index (χ3v) is 4.60. The molecule has 2 unspecified atom stereocenters. The van der Waals surface area contributed by atoms with Gasteiger partial charge in [-0.2, -0.15) is 0 Å². The van der Waals surface area contributed by atoms with Gasteiger partial charge in [0, 0.05) is 12.5 Å². The van der Waals surface area contributed by atoms with Crippen molar-refractivity contribution in [3.8, 4) is 0 Å². The van der Waals surface area contributed by atoms with Crippen molar-refractivity contribution < 1.29 is 4.42 Å². The minimum atomic E-state index is 0.334. The number of furan rings is 1. The summed E-state index contributed by atoms with van der Waals surface area (Å²) in [5.41, 5.74) is 0.334. The summed E-state index contributed by atoms with van der Waals surface area (Å²) in [6, 6.07) is 4.27. The Balaban J connectivity index is 1.78. The van der Waals surface area contributed by atoms with Crippen molar-refractivity contribution >= 4 is 0 Å². The maximum atomic E-state index is 5.89. The maximum absolute atomic E-state index is 5.89. The molecule has 1 aliphatic carbocycles. The van der Waals surface area contributed by atoms with E-state index >= 15 is 0 Å². The Morgan fingerprint density at radius 3 is 2.61 bits per heavy atom. The van der Waals surface area contributed by atoms with E-state index in [1.54, 1.807) is 0 Å². The molecule has 1 saturated carbocycles. The first-order valence-corrected chi connectivity index (χ1v) is 7.19. The minimum Gasteiger partial charge on any atom is -0.464 e. The topological polar surface area (TPSA) is 25.2 Å². The van der Waals surface area contributed by atoms with E-state index in [2.05, 4.69) is 52.1 Å². The lowest BCUT2D eigenvalue weighted by molar-refractivity contribution is 0.235. The molecule has 2 atom stereocenters. The van der Waals surface area contributed by atoms with Gasteiger partial charge in [0.2, 0.25) is 0 Å². The molecule has 0 spiro atoms. The molecule has 0 amide bonds. The van der Waals surface area contributed by atoms with Crippen LogP contribution in [0.25, 0.3) is 0 Å². The average Bonchev–Trinajstić information content (AvgIpc) is 2.84. The molecule has 2 rings (SSSR count). The second-order valence-corrected chi connectivity index (χ2v) is 6.87. The molecule has 0 bridgehead atoms. The van der Waals surface area contributed by atoms with Crippen LogP contribution in [0.3, 0.4) is 0 Å². The lowest BCUT2D eigenvalue weighted by Gasteiger charge is -2.29. The van der Waals surface area contributed by atoms with E-state index in [0.29, 0.717) is 17.3 Å². The summed E-state index contributed by atoms with van der Waals surface area (Å²) in [4.78, 5) is 0. The van der Waals surface area contributed by atoms with Crippen LogP contribution < -0.4 is 5.32 Å². The predicted molar refractivity (Wildman–Crippen MR) is 75.6 cm³/mol. The first-order chi connectivity index (χ1) is 8.40. The normalized spacial score (nSPS) is 23.7. The van der Waals surface area contributed by atoms with Crippen LogP contribution in [0.2, 0.25) is 0 Å². The lowest BCUT2D eigenvalue weighted by atomic mass is 9.81. The van der Waals surface area contributed by atoms with E-state index in [-0.39, 0.29) is 0 Å². The van der Waals surface area contributed by atoms with Gasteiger partial charge in [0.1, 0.15) is 11.5 Å². The zero-order chi connectivity index (χ0) is 13.3. The van der Waals surface area contributed by atoms with Crippen LogP contribution >= 0.6 is 0 Å². The summed E-state index contributed by atoms with van der Waals surface area (Å²) in [6.07, 6.45) is 1.29. The molecule has 1 aromatic rings. The summed E-state index contributed by atoms with van der Waals surface area (Å²) in [5, 5.41) is 3.51. The van der Waals surface area contributed by atoms with E-state index < -0.39 is 0 Å². The van der Waals surface area contributed by atoms with Gasteiger partial charge in [0.25, 0.3) is 0 Å². The third kappa shape index (κ3) is 3.17. The molecule has 0 aliphatic heterocycles. The Bertz CT molecular complexity index is 392. The molecule has 18 heavy (non-hydrogen) atoms. The molecule has 1 fully saturated rings. The molecule has 0 saturated heterocycles. The zero-order valence-electron chi connectivity index (χ0n) is 12.4. The van der Waals surface area contributed by atoms with Crippen molar-refractivity contribution in [1.29, 1.82) is 0 Å². The van der Waals surface area contributed by atoms with Gasteiger partial charge in [-0.3, -0.25) is 0 Å². The molecule has 1 aliphatic rings. The van der Waals surface area contributed by atoms with Crippen molar-refractivity contribution in [3.05, 3.63) is 23.7 Å². The van der Waals surface area contributed by atoms with Crippen molar-refractivity contribution in [3.63, 3.8) is 0 Å². The second kappa shape index (κ2) is 5.08. The predicted octanol–water partition coefficient (Wildman–Crippen LogP) is 4.17. The highest BCUT2D eigenvalue weighted by molar-refractivity contribution is 5.17. The molecule has 1 N–H and O–H groups in total. The highest BCUT2D eigenvalue weighted by atomic mass is 16.3. The highest BCUT2D eigenvalue weighted by Gasteiger charge is 2.36. The fourth-order valence-corrected chi connectivity index (χ4v) is 2.12. The summed E-state index contributed by atoms with van der Waals surface area (Å²) in [7, 11) is 0. The van der Waals surface area contributed by atoms with Gasteiger partial charge in [-0.1, -0.05) is 34.6 Å². The summed E-state index contributed by atoms with van der Waals surface area (Å²) in [5.74, 6) is 4.44. The Kier molecular flexibility index (Phi) is 3.86. The van der Waals surface area contributed by atoms with Crippen LogP contribution in [-0.2, 0) is 6.54 Å². The fourth-order valence-electron chi connectivity index (χ4n) is 2.12. The first-order valence-electron chi connectivity index (χ1n) is 7.19. The van der Waals surface area contributed by atoms with E-state index in [1.165, 1.54) is 12.2 Å². The van der Waals surface area contributed by atoms with E-state index in [4.69, 9.17) is 4.42 Å². The monoisotopic (exact) mass is 249 g/mol. The zero-order valence-corrected chi connectivity index (χ0v) is 12.4. The maximum Gasteiger partial charge on any atom is 0.117 e. The first kappa shape index (κ1) is 13.7. The Morgan fingerprint density at radius 1 is 1.39 bits per heavy atom. The fraction of sp³-hybridized carbons (Fsp3) is 0.750. The van der Waals surface area contributed by atoms with Crippen molar-refractivity contribution in [1.82, 2.24) is 5.32 Å². The highest BCUT2D eigenvalue weighted by Crippen LogP contribution is 2.47. The van der Waals surface area contributed by atoms with Gasteiger partial charge >= 0.3 is 0 Å². The van der Waals surface area contributed by atoms with Crippen LogP contribution in [0.1, 0.15) is 58.5 Å². The summed E-state index contributed by atoms with van der Waals surface area (Å²) < 4.78 is 5.89. The smallest absolute Gasteiger partial charge is 0.117 e. The van der Waals surface area contributed by atoms with Gasteiger partial charge in [-0.25, -0.2) is 0 Å². The molecule has 2 heteroatoms. The molecule has 1 aromatic heterocycles. The third-order valence-electron chi connectivity index (χ3n) is 4.60. The lowest BCUT2D eigenvalue weighted by Crippen LogP contribution is -2.33. The van der Waals surface area contributed by atoms with E-state index in [9.17, 15) is 0 Å².